The zero-order valence-electron chi connectivity index (χ0n) is 19.1. The molecule has 0 radical (unpaired) electrons. The molecule has 2 N–H and O–H groups in total. The van der Waals surface area contributed by atoms with E-state index in [2.05, 4.69) is 10.0 Å². The molecular formula is C25H27ClN2O4S2. The summed E-state index contributed by atoms with van der Waals surface area (Å²) < 4.78 is 33.9. The van der Waals surface area contributed by atoms with Crippen molar-refractivity contribution in [1.29, 1.82) is 0 Å². The molecule has 3 rings (SSSR count). The second-order valence-corrected chi connectivity index (χ2v) is 10.7. The van der Waals surface area contributed by atoms with Crippen LogP contribution in [0.2, 0.25) is 5.02 Å². The van der Waals surface area contributed by atoms with Crippen LogP contribution >= 0.6 is 23.4 Å². The molecule has 0 fully saturated rings. The molecule has 0 saturated heterocycles. The van der Waals surface area contributed by atoms with Crippen molar-refractivity contribution >= 4 is 39.3 Å². The van der Waals surface area contributed by atoms with E-state index in [1.165, 1.54) is 25.3 Å². The quantitative estimate of drug-likeness (QED) is 0.375. The van der Waals surface area contributed by atoms with Gasteiger partial charge >= 0.3 is 0 Å². The van der Waals surface area contributed by atoms with Crippen LogP contribution in [0.1, 0.15) is 24.1 Å². The lowest BCUT2D eigenvalue weighted by Crippen LogP contribution is -2.48. The summed E-state index contributed by atoms with van der Waals surface area (Å²) in [7, 11) is -2.59. The minimum absolute atomic E-state index is 0.0511. The van der Waals surface area contributed by atoms with Crippen LogP contribution < -0.4 is 14.8 Å². The number of thioether (sulfide) groups is 1. The normalized spacial score (nSPS) is 13.2. The molecule has 0 heterocycles. The van der Waals surface area contributed by atoms with Crippen molar-refractivity contribution in [2.45, 2.75) is 35.2 Å². The topological polar surface area (TPSA) is 84.5 Å². The minimum atomic E-state index is -4.04. The number of methoxy groups -OCH3 is 1. The monoisotopic (exact) mass is 518 g/mol. The molecule has 0 unspecified atom stereocenters. The molecular weight excluding hydrogens is 492 g/mol. The van der Waals surface area contributed by atoms with Gasteiger partial charge in [0.2, 0.25) is 15.9 Å². The minimum Gasteiger partial charge on any atom is -0.495 e. The predicted molar refractivity (Wildman–Crippen MR) is 137 cm³/mol. The van der Waals surface area contributed by atoms with Crippen molar-refractivity contribution in [2.24, 2.45) is 0 Å². The van der Waals surface area contributed by atoms with Crippen molar-refractivity contribution in [3.63, 3.8) is 0 Å². The van der Waals surface area contributed by atoms with Crippen molar-refractivity contribution in [1.82, 2.24) is 10.0 Å². The van der Waals surface area contributed by atoms with Gasteiger partial charge in [-0.3, -0.25) is 4.79 Å². The number of nitrogens with one attached hydrogen (secondary N) is 2. The zero-order chi connectivity index (χ0) is 24.7. The van der Waals surface area contributed by atoms with Crippen LogP contribution in [0.5, 0.6) is 5.75 Å². The molecule has 0 aliphatic carbocycles. The number of ether oxygens (including phenoxy) is 1. The predicted octanol–water partition coefficient (Wildman–Crippen LogP) is 4.84. The van der Waals surface area contributed by atoms with Crippen LogP contribution in [0.15, 0.2) is 82.6 Å². The van der Waals surface area contributed by atoms with Gasteiger partial charge in [-0.2, -0.15) is 4.72 Å². The molecule has 0 aliphatic heterocycles. The standard InChI is InChI=1S/C25H27ClN2O4S2/c1-17(19-9-11-20(33-3)12-10-19)27-25(29)23(15-18-7-5-4-6-8-18)28-34(30,31)21-13-14-24(32-2)22(26)16-21/h4-14,16-17,23,28H,15H2,1-3H3,(H,27,29)/t17-,23+/m1/s1. The lowest BCUT2D eigenvalue weighted by atomic mass is 10.0. The number of benzene rings is 3. The lowest BCUT2D eigenvalue weighted by Gasteiger charge is -2.22. The maximum absolute atomic E-state index is 13.2. The molecule has 6 nitrogen and oxygen atoms in total. The zero-order valence-corrected chi connectivity index (χ0v) is 21.5. The summed E-state index contributed by atoms with van der Waals surface area (Å²) in [6.45, 7) is 1.86. The largest absolute Gasteiger partial charge is 0.495 e. The van der Waals surface area contributed by atoms with E-state index in [1.54, 1.807) is 11.8 Å². The Morgan fingerprint density at radius 3 is 2.32 bits per heavy atom. The number of carbonyl (C=O) groups is 1. The smallest absolute Gasteiger partial charge is 0.241 e. The van der Waals surface area contributed by atoms with Gasteiger partial charge in [-0.05, 0) is 61.1 Å². The van der Waals surface area contributed by atoms with Crippen LogP contribution in [0.4, 0.5) is 0 Å². The summed E-state index contributed by atoms with van der Waals surface area (Å²) in [6.07, 6.45) is 2.18. The Labute approximate surface area is 210 Å². The Morgan fingerprint density at radius 1 is 1.06 bits per heavy atom. The first-order valence-electron chi connectivity index (χ1n) is 10.6. The van der Waals surface area contributed by atoms with Crippen LogP contribution in [0.25, 0.3) is 0 Å². The molecule has 1 amide bonds. The molecule has 3 aromatic carbocycles. The highest BCUT2D eigenvalue weighted by molar-refractivity contribution is 7.98. The summed E-state index contributed by atoms with van der Waals surface area (Å²) in [6, 6.07) is 20.0. The molecule has 0 spiro atoms. The van der Waals surface area contributed by atoms with E-state index < -0.39 is 22.0 Å². The Kier molecular flexibility index (Phi) is 9.02. The maximum Gasteiger partial charge on any atom is 0.241 e. The molecule has 0 aliphatic rings. The van der Waals surface area contributed by atoms with Gasteiger partial charge in [-0.15, -0.1) is 11.8 Å². The molecule has 0 bridgehead atoms. The molecule has 34 heavy (non-hydrogen) atoms. The van der Waals surface area contributed by atoms with E-state index >= 15 is 0 Å². The Morgan fingerprint density at radius 2 is 1.74 bits per heavy atom. The van der Waals surface area contributed by atoms with Gasteiger partial charge in [0, 0.05) is 4.90 Å². The second kappa shape index (κ2) is 11.8. The lowest BCUT2D eigenvalue weighted by molar-refractivity contribution is -0.123. The van der Waals surface area contributed by atoms with E-state index in [1.807, 2.05) is 67.8 Å². The molecule has 0 aromatic heterocycles. The van der Waals surface area contributed by atoms with Crippen molar-refractivity contribution < 1.29 is 17.9 Å². The van der Waals surface area contributed by atoms with Gasteiger partial charge < -0.3 is 10.1 Å². The van der Waals surface area contributed by atoms with Gasteiger partial charge in [0.1, 0.15) is 11.8 Å². The SMILES string of the molecule is COc1ccc(S(=O)(=O)N[C@@H](Cc2ccccc2)C(=O)N[C@H](C)c2ccc(SC)cc2)cc1Cl. The first kappa shape index (κ1) is 26.1. The molecule has 9 heteroatoms. The fraction of sp³-hybridized carbons (Fsp3) is 0.240. The highest BCUT2D eigenvalue weighted by atomic mass is 35.5. The summed E-state index contributed by atoms with van der Waals surface area (Å²) >= 11 is 7.76. The molecule has 180 valence electrons. The van der Waals surface area contributed by atoms with Gasteiger partial charge in [-0.25, -0.2) is 8.42 Å². The summed E-state index contributed by atoms with van der Waals surface area (Å²) in [5.74, 6) is -0.0611. The van der Waals surface area contributed by atoms with E-state index in [0.717, 1.165) is 16.0 Å². The van der Waals surface area contributed by atoms with Crippen LogP contribution in [0.3, 0.4) is 0 Å². The third-order valence-corrected chi connectivity index (χ3v) is 7.81. The Balaban J connectivity index is 1.83. The number of hydrogen-bond acceptors (Lipinski definition) is 5. The van der Waals surface area contributed by atoms with Crippen molar-refractivity contribution in [2.75, 3.05) is 13.4 Å². The first-order chi connectivity index (χ1) is 16.2. The average Bonchev–Trinajstić information content (AvgIpc) is 2.84. The summed E-state index contributed by atoms with van der Waals surface area (Å²) in [5.41, 5.74) is 1.75. The number of halogens is 1. The fourth-order valence-electron chi connectivity index (χ4n) is 3.40. The van der Waals surface area contributed by atoms with Crippen LogP contribution in [-0.4, -0.2) is 33.7 Å². The number of rotatable bonds is 10. The van der Waals surface area contributed by atoms with Crippen molar-refractivity contribution in [3.05, 3.63) is 88.9 Å². The third-order valence-electron chi connectivity index (χ3n) is 5.30. The first-order valence-corrected chi connectivity index (χ1v) is 13.7. The highest BCUT2D eigenvalue weighted by Crippen LogP contribution is 2.27. The van der Waals surface area contributed by atoms with Gasteiger partial charge in [-0.1, -0.05) is 54.1 Å². The van der Waals surface area contributed by atoms with E-state index in [4.69, 9.17) is 16.3 Å². The maximum atomic E-state index is 13.2. The summed E-state index contributed by atoms with van der Waals surface area (Å²) in [4.78, 5) is 14.3. The number of amides is 1. The highest BCUT2D eigenvalue weighted by Gasteiger charge is 2.27. The average molecular weight is 519 g/mol. The van der Waals surface area contributed by atoms with Gasteiger partial charge in [0.25, 0.3) is 0 Å². The fourth-order valence-corrected chi connectivity index (χ4v) is 5.35. The Bertz CT molecular complexity index is 1220. The third kappa shape index (κ3) is 6.76. The Hall–Kier alpha value is -2.52. The second-order valence-electron chi connectivity index (χ2n) is 7.66. The van der Waals surface area contributed by atoms with Crippen LogP contribution in [0, 0.1) is 0 Å². The molecule has 0 saturated carbocycles. The van der Waals surface area contributed by atoms with Crippen LogP contribution in [-0.2, 0) is 21.2 Å². The van der Waals surface area contributed by atoms with E-state index in [0.29, 0.717) is 5.75 Å². The molecule has 3 aromatic rings. The van der Waals surface area contributed by atoms with Gasteiger partial charge in [0.05, 0.1) is 23.1 Å². The number of carbonyl (C=O) groups excluding carboxylic acids is 1. The van der Waals surface area contributed by atoms with E-state index in [-0.39, 0.29) is 22.4 Å². The molecule has 2 atom stereocenters. The summed E-state index contributed by atoms with van der Waals surface area (Å²) in [5, 5.41) is 3.10. The van der Waals surface area contributed by atoms with E-state index in [9.17, 15) is 13.2 Å². The van der Waals surface area contributed by atoms with Gasteiger partial charge in [0.15, 0.2) is 0 Å². The van der Waals surface area contributed by atoms with Crippen molar-refractivity contribution in [3.8, 4) is 5.75 Å². The number of hydrogen-bond donors (Lipinski definition) is 2. The number of sulfonamides is 1.